The van der Waals surface area contributed by atoms with Gasteiger partial charge in [-0.15, -0.1) is 0 Å². The van der Waals surface area contributed by atoms with Gasteiger partial charge in [-0.2, -0.15) is 0 Å². The molecule has 0 fully saturated rings. The third-order valence-corrected chi connectivity index (χ3v) is 7.40. The second kappa shape index (κ2) is 6.59. The van der Waals surface area contributed by atoms with Crippen LogP contribution >= 0.6 is 19.0 Å². The summed E-state index contributed by atoms with van der Waals surface area (Å²) >= 11 is 6.22. The van der Waals surface area contributed by atoms with E-state index in [1.165, 1.54) is 0 Å². The van der Waals surface area contributed by atoms with Crippen LogP contribution in [0.3, 0.4) is 0 Å². The van der Waals surface area contributed by atoms with E-state index < -0.39 is 13.5 Å². The molecule has 3 aromatic rings. The van der Waals surface area contributed by atoms with Crippen molar-refractivity contribution in [1.29, 1.82) is 0 Å². The molecular weight excluding hydrogens is 367 g/mol. The van der Waals surface area contributed by atoms with Gasteiger partial charge >= 0.3 is 0 Å². The quantitative estimate of drug-likeness (QED) is 0.596. The van der Waals surface area contributed by atoms with Gasteiger partial charge in [-0.25, -0.2) is 0 Å². The predicted molar refractivity (Wildman–Crippen MR) is 105 cm³/mol. The van der Waals surface area contributed by atoms with Crippen molar-refractivity contribution in [2.45, 2.75) is 13.0 Å². The summed E-state index contributed by atoms with van der Waals surface area (Å²) in [5.74, 6) is 0.714. The summed E-state index contributed by atoms with van der Waals surface area (Å²) in [6.45, 7) is 2.03. The van der Waals surface area contributed by atoms with Gasteiger partial charge in [0.05, 0.1) is 7.11 Å². The first-order chi connectivity index (χ1) is 12.5. The number of fused-ring (bicyclic) bond motifs is 1. The zero-order valence-corrected chi connectivity index (χ0v) is 16.1. The number of hydrogen-bond acceptors (Lipinski definition) is 3. The summed E-state index contributed by atoms with van der Waals surface area (Å²) in [4.78, 5) is 0. The maximum atomic E-state index is 13.9. The van der Waals surface area contributed by atoms with Crippen molar-refractivity contribution in [3.05, 3.63) is 88.4 Å². The second-order valence-electron chi connectivity index (χ2n) is 6.35. The highest BCUT2D eigenvalue weighted by molar-refractivity contribution is 7.74. The van der Waals surface area contributed by atoms with Crippen LogP contribution in [0.5, 0.6) is 5.75 Å². The van der Waals surface area contributed by atoms with Crippen LogP contribution in [0.4, 0.5) is 0 Å². The largest absolute Gasteiger partial charge is 0.497 e. The highest BCUT2D eigenvalue weighted by Crippen LogP contribution is 2.57. The predicted octanol–water partition coefficient (Wildman–Crippen LogP) is 5.01. The number of methoxy groups -OCH3 is 1. The van der Waals surface area contributed by atoms with Crippen molar-refractivity contribution in [3.8, 4) is 5.75 Å². The summed E-state index contributed by atoms with van der Waals surface area (Å²) in [5.41, 5.74) is 2.99. The van der Waals surface area contributed by atoms with Crippen molar-refractivity contribution >= 4 is 29.6 Å². The van der Waals surface area contributed by atoms with Gasteiger partial charge in [-0.3, -0.25) is 4.57 Å². The van der Waals surface area contributed by atoms with Gasteiger partial charge in [0.1, 0.15) is 11.9 Å². The molecule has 0 spiro atoms. The average Bonchev–Trinajstić information content (AvgIpc) is 2.96. The van der Waals surface area contributed by atoms with E-state index >= 15 is 0 Å². The van der Waals surface area contributed by atoms with Gasteiger partial charge < -0.3 is 9.26 Å². The maximum Gasteiger partial charge on any atom is 0.262 e. The molecule has 0 bridgehead atoms. The number of rotatable bonds is 3. The Balaban J connectivity index is 1.85. The molecule has 1 aliphatic rings. The fourth-order valence-electron chi connectivity index (χ4n) is 3.23. The molecule has 5 heteroatoms. The van der Waals surface area contributed by atoms with Crippen LogP contribution in [0.25, 0.3) is 0 Å². The van der Waals surface area contributed by atoms with E-state index in [4.69, 9.17) is 20.9 Å². The van der Waals surface area contributed by atoms with Crippen molar-refractivity contribution in [1.82, 2.24) is 0 Å². The minimum absolute atomic E-state index is 0.405. The molecule has 1 unspecified atom stereocenters. The molecule has 2 atom stereocenters. The van der Waals surface area contributed by atoms with E-state index in [0.717, 1.165) is 16.7 Å². The molecule has 3 aromatic carbocycles. The average molecular weight is 385 g/mol. The van der Waals surface area contributed by atoms with Crippen LogP contribution in [-0.4, -0.2) is 7.11 Å². The molecule has 0 radical (unpaired) electrons. The highest BCUT2D eigenvalue weighted by Gasteiger charge is 2.43. The molecular formula is C21H18ClO3P. The lowest BCUT2D eigenvalue weighted by Crippen LogP contribution is -2.14. The normalized spacial score (nSPS) is 21.4. The van der Waals surface area contributed by atoms with E-state index in [1.54, 1.807) is 37.4 Å². The van der Waals surface area contributed by atoms with Crippen LogP contribution in [-0.2, 0) is 9.09 Å². The molecule has 0 aromatic heterocycles. The van der Waals surface area contributed by atoms with Crippen molar-refractivity contribution in [3.63, 3.8) is 0 Å². The van der Waals surface area contributed by atoms with Crippen LogP contribution in [0, 0.1) is 6.92 Å². The minimum atomic E-state index is -3.21. The lowest BCUT2D eigenvalue weighted by atomic mass is 10.0. The van der Waals surface area contributed by atoms with E-state index in [9.17, 15) is 4.57 Å². The van der Waals surface area contributed by atoms with E-state index in [1.807, 2.05) is 43.3 Å². The summed E-state index contributed by atoms with van der Waals surface area (Å²) < 4.78 is 25.3. The van der Waals surface area contributed by atoms with Gasteiger partial charge in [-0.05, 0) is 55.0 Å². The Kier molecular flexibility index (Phi) is 4.40. The van der Waals surface area contributed by atoms with Crippen LogP contribution in [0.2, 0.25) is 5.02 Å². The Morgan fingerprint density at radius 3 is 2.35 bits per heavy atom. The van der Waals surface area contributed by atoms with Crippen LogP contribution < -0.4 is 15.3 Å². The van der Waals surface area contributed by atoms with Crippen molar-refractivity contribution in [2.75, 3.05) is 7.11 Å². The summed E-state index contributed by atoms with van der Waals surface area (Å²) in [6, 6.07) is 20.7. The number of ether oxygens (including phenoxy) is 1. The minimum Gasteiger partial charge on any atom is -0.497 e. The van der Waals surface area contributed by atoms with Gasteiger partial charge in [0.2, 0.25) is 0 Å². The first-order valence-electron chi connectivity index (χ1n) is 8.31. The molecule has 26 heavy (non-hydrogen) atoms. The standard InChI is InChI=1S/C21H18ClO3P/c1-14-3-5-15(6-4-14)21-19-13-16(22)7-12-20(19)26(23,25-21)18-10-8-17(24-2)9-11-18/h3-13,21H,1-2H3/t21-,26?/m0/s1. The Bertz CT molecular complexity index is 997. The fraction of sp³-hybridized carbons (Fsp3) is 0.143. The Labute approximate surface area is 158 Å². The molecule has 132 valence electrons. The van der Waals surface area contributed by atoms with Gasteiger partial charge in [-0.1, -0.05) is 41.4 Å². The highest BCUT2D eigenvalue weighted by atomic mass is 35.5. The lowest BCUT2D eigenvalue weighted by Gasteiger charge is -2.16. The fourth-order valence-corrected chi connectivity index (χ4v) is 5.79. The smallest absolute Gasteiger partial charge is 0.262 e. The van der Waals surface area contributed by atoms with Gasteiger partial charge in [0, 0.05) is 21.2 Å². The Morgan fingerprint density at radius 1 is 1.00 bits per heavy atom. The van der Waals surface area contributed by atoms with Crippen molar-refractivity contribution < 1.29 is 13.8 Å². The molecule has 0 N–H and O–H groups in total. The van der Waals surface area contributed by atoms with E-state index in [2.05, 4.69) is 0 Å². The number of aryl methyl sites for hydroxylation is 1. The Hall–Kier alpha value is -2.06. The SMILES string of the molecule is COc1ccc(P2(=O)O[C@@H](c3ccc(C)cc3)c3cc(Cl)ccc32)cc1. The molecule has 0 amide bonds. The number of halogens is 1. The monoisotopic (exact) mass is 384 g/mol. The van der Waals surface area contributed by atoms with E-state index in [-0.39, 0.29) is 0 Å². The topological polar surface area (TPSA) is 35.5 Å². The second-order valence-corrected chi connectivity index (χ2v) is 9.10. The maximum absolute atomic E-state index is 13.9. The number of benzene rings is 3. The molecule has 0 saturated carbocycles. The summed E-state index contributed by atoms with van der Waals surface area (Å²) in [7, 11) is -1.61. The third kappa shape index (κ3) is 2.87. The van der Waals surface area contributed by atoms with Crippen LogP contribution in [0.1, 0.15) is 22.8 Å². The molecule has 0 aliphatic carbocycles. The molecule has 1 heterocycles. The van der Waals surface area contributed by atoms with Gasteiger partial charge in [0.15, 0.2) is 0 Å². The third-order valence-electron chi connectivity index (χ3n) is 4.64. The number of hydrogen-bond donors (Lipinski definition) is 0. The molecule has 1 aliphatic heterocycles. The summed E-state index contributed by atoms with van der Waals surface area (Å²) in [5, 5.41) is 1.96. The van der Waals surface area contributed by atoms with E-state index in [0.29, 0.717) is 21.4 Å². The van der Waals surface area contributed by atoms with Gasteiger partial charge in [0.25, 0.3) is 7.37 Å². The zero-order chi connectivity index (χ0) is 18.3. The Morgan fingerprint density at radius 2 is 1.69 bits per heavy atom. The van der Waals surface area contributed by atoms with Crippen LogP contribution in [0.15, 0.2) is 66.7 Å². The lowest BCUT2D eigenvalue weighted by molar-refractivity contribution is 0.272. The first kappa shape index (κ1) is 17.4. The van der Waals surface area contributed by atoms with Crippen molar-refractivity contribution in [2.24, 2.45) is 0 Å². The molecule has 3 nitrogen and oxygen atoms in total. The molecule has 0 saturated heterocycles. The molecule has 4 rings (SSSR count). The zero-order valence-electron chi connectivity index (χ0n) is 14.5. The summed E-state index contributed by atoms with van der Waals surface area (Å²) in [6.07, 6.45) is -0.405. The first-order valence-corrected chi connectivity index (χ1v) is 10.3.